The van der Waals surface area contributed by atoms with Gasteiger partial charge in [-0.05, 0) is 13.0 Å². The molecule has 1 aliphatic heterocycles. The highest BCUT2D eigenvalue weighted by Gasteiger charge is 2.28. The van der Waals surface area contributed by atoms with Crippen molar-refractivity contribution < 1.29 is 14.6 Å². The van der Waals surface area contributed by atoms with Gasteiger partial charge in [0, 0.05) is 6.54 Å². The summed E-state index contributed by atoms with van der Waals surface area (Å²) in [5.74, 6) is -0.768. The quantitative estimate of drug-likeness (QED) is 0.699. The zero-order chi connectivity index (χ0) is 9.68. The largest absolute Gasteiger partial charge is 0.480 e. The number of carboxylic acid groups (broad SMARTS) is 1. The smallest absolute Gasteiger partial charge is 0.323 e. The van der Waals surface area contributed by atoms with Crippen molar-refractivity contribution in [3.05, 3.63) is 0 Å². The third-order valence-corrected chi connectivity index (χ3v) is 2.32. The Hall–Kier alpha value is -0.610. The fraction of sp³-hybridized carbons (Fsp3) is 0.889. The monoisotopic (exact) mass is 187 g/mol. The van der Waals surface area contributed by atoms with Crippen molar-refractivity contribution in [3.8, 4) is 0 Å². The molecule has 76 valence electrons. The molecule has 0 amide bonds. The van der Waals surface area contributed by atoms with Crippen molar-refractivity contribution >= 4 is 5.97 Å². The van der Waals surface area contributed by atoms with E-state index < -0.39 is 12.0 Å². The van der Waals surface area contributed by atoms with Crippen LogP contribution in [0.15, 0.2) is 0 Å². The maximum atomic E-state index is 10.8. The molecule has 0 radical (unpaired) electrons. The number of ether oxygens (including phenoxy) is 1. The second kappa shape index (κ2) is 5.19. The van der Waals surface area contributed by atoms with Gasteiger partial charge < -0.3 is 9.84 Å². The number of rotatable bonds is 4. The fourth-order valence-electron chi connectivity index (χ4n) is 1.49. The van der Waals surface area contributed by atoms with E-state index in [1.807, 2.05) is 4.90 Å². The Morgan fingerprint density at radius 1 is 1.69 bits per heavy atom. The first-order chi connectivity index (χ1) is 6.25. The summed E-state index contributed by atoms with van der Waals surface area (Å²) in [7, 11) is 0. The van der Waals surface area contributed by atoms with Crippen molar-refractivity contribution in [1.82, 2.24) is 4.90 Å². The minimum Gasteiger partial charge on any atom is -0.480 e. The van der Waals surface area contributed by atoms with Crippen molar-refractivity contribution in [3.63, 3.8) is 0 Å². The van der Waals surface area contributed by atoms with E-state index in [1.54, 1.807) is 0 Å². The van der Waals surface area contributed by atoms with Crippen LogP contribution in [0.2, 0.25) is 0 Å². The minimum absolute atomic E-state index is 0.332. The Balaban J connectivity index is 2.41. The highest BCUT2D eigenvalue weighted by molar-refractivity contribution is 5.73. The molecule has 1 fully saturated rings. The fourth-order valence-corrected chi connectivity index (χ4v) is 1.49. The number of hydrogen-bond acceptors (Lipinski definition) is 3. The van der Waals surface area contributed by atoms with Gasteiger partial charge in [0.05, 0.1) is 13.2 Å². The Morgan fingerprint density at radius 2 is 2.46 bits per heavy atom. The molecule has 1 aliphatic rings. The van der Waals surface area contributed by atoms with Gasteiger partial charge in [-0.15, -0.1) is 0 Å². The molecule has 0 aromatic heterocycles. The zero-order valence-electron chi connectivity index (χ0n) is 8.03. The lowest BCUT2D eigenvalue weighted by atomic mass is 10.2. The molecule has 1 N–H and O–H groups in total. The van der Waals surface area contributed by atoms with Crippen molar-refractivity contribution in [2.45, 2.75) is 25.8 Å². The maximum Gasteiger partial charge on any atom is 0.323 e. The first-order valence-electron chi connectivity index (χ1n) is 4.80. The van der Waals surface area contributed by atoms with Crippen LogP contribution in [0.25, 0.3) is 0 Å². The standard InChI is InChI=1S/C9H17NO3/c1-2-3-4-10-5-6-13-7-8(10)9(11)12/h8H,2-7H2,1H3,(H,11,12)/t8-/m0/s1. The summed E-state index contributed by atoms with van der Waals surface area (Å²) in [6, 6.07) is -0.430. The first kappa shape index (κ1) is 10.5. The van der Waals surface area contributed by atoms with Gasteiger partial charge in [0.2, 0.25) is 0 Å². The van der Waals surface area contributed by atoms with E-state index in [2.05, 4.69) is 6.92 Å². The SMILES string of the molecule is CCCCN1CCOC[C@H]1C(=O)O. The van der Waals surface area contributed by atoms with Crippen LogP contribution in [0.3, 0.4) is 0 Å². The van der Waals surface area contributed by atoms with Crippen LogP contribution in [0.4, 0.5) is 0 Å². The number of hydrogen-bond donors (Lipinski definition) is 1. The topological polar surface area (TPSA) is 49.8 Å². The number of carbonyl (C=O) groups is 1. The van der Waals surface area contributed by atoms with Gasteiger partial charge in [-0.1, -0.05) is 13.3 Å². The molecular weight excluding hydrogens is 170 g/mol. The highest BCUT2D eigenvalue weighted by atomic mass is 16.5. The molecule has 1 atom stereocenters. The number of unbranched alkanes of at least 4 members (excludes halogenated alkanes) is 1. The van der Waals surface area contributed by atoms with Gasteiger partial charge >= 0.3 is 5.97 Å². The average molecular weight is 187 g/mol. The van der Waals surface area contributed by atoms with Crippen LogP contribution >= 0.6 is 0 Å². The number of aliphatic carboxylic acids is 1. The van der Waals surface area contributed by atoms with Crippen LogP contribution in [0.1, 0.15) is 19.8 Å². The predicted molar refractivity (Wildman–Crippen MR) is 48.7 cm³/mol. The lowest BCUT2D eigenvalue weighted by Crippen LogP contribution is -2.50. The zero-order valence-corrected chi connectivity index (χ0v) is 8.03. The van der Waals surface area contributed by atoms with Crippen molar-refractivity contribution in [2.24, 2.45) is 0 Å². The predicted octanol–water partition coefficient (Wildman–Crippen LogP) is 0.572. The average Bonchev–Trinajstić information content (AvgIpc) is 2.15. The van der Waals surface area contributed by atoms with Gasteiger partial charge in [0.15, 0.2) is 0 Å². The minimum atomic E-state index is -0.768. The second-order valence-corrected chi connectivity index (χ2v) is 3.32. The Bertz CT molecular complexity index is 172. The summed E-state index contributed by atoms with van der Waals surface area (Å²) in [5, 5.41) is 8.89. The molecule has 4 nitrogen and oxygen atoms in total. The summed E-state index contributed by atoms with van der Waals surface area (Å²) in [4.78, 5) is 12.8. The molecule has 0 spiro atoms. The van der Waals surface area contributed by atoms with E-state index in [9.17, 15) is 4.79 Å². The molecule has 0 aromatic carbocycles. The molecule has 1 heterocycles. The molecule has 0 bridgehead atoms. The molecule has 0 saturated carbocycles. The lowest BCUT2D eigenvalue weighted by Gasteiger charge is -2.32. The summed E-state index contributed by atoms with van der Waals surface area (Å²) < 4.78 is 5.13. The van der Waals surface area contributed by atoms with Gasteiger partial charge in [-0.2, -0.15) is 0 Å². The van der Waals surface area contributed by atoms with Crippen LogP contribution in [-0.2, 0) is 9.53 Å². The van der Waals surface area contributed by atoms with Crippen molar-refractivity contribution in [2.75, 3.05) is 26.3 Å². The summed E-state index contributed by atoms with van der Waals surface area (Å²) >= 11 is 0. The third-order valence-electron chi connectivity index (χ3n) is 2.32. The van der Waals surface area contributed by atoms with E-state index in [4.69, 9.17) is 9.84 Å². The summed E-state index contributed by atoms with van der Waals surface area (Å²) in [5.41, 5.74) is 0. The van der Waals surface area contributed by atoms with Crippen LogP contribution < -0.4 is 0 Å². The highest BCUT2D eigenvalue weighted by Crippen LogP contribution is 2.08. The Kier molecular flexibility index (Phi) is 4.18. The molecule has 0 aromatic rings. The van der Waals surface area contributed by atoms with E-state index in [0.717, 1.165) is 25.9 Å². The summed E-state index contributed by atoms with van der Waals surface area (Å²) in [6.45, 7) is 4.72. The molecule has 1 saturated heterocycles. The van der Waals surface area contributed by atoms with E-state index in [0.29, 0.717) is 13.2 Å². The molecule has 0 aliphatic carbocycles. The first-order valence-corrected chi connectivity index (χ1v) is 4.80. The van der Waals surface area contributed by atoms with E-state index in [1.165, 1.54) is 0 Å². The molecule has 13 heavy (non-hydrogen) atoms. The van der Waals surface area contributed by atoms with Crippen LogP contribution in [0.5, 0.6) is 0 Å². The van der Waals surface area contributed by atoms with Gasteiger partial charge in [-0.3, -0.25) is 9.69 Å². The van der Waals surface area contributed by atoms with Gasteiger partial charge in [0.25, 0.3) is 0 Å². The van der Waals surface area contributed by atoms with E-state index in [-0.39, 0.29) is 0 Å². The Labute approximate surface area is 78.5 Å². The number of nitrogens with zero attached hydrogens (tertiary/aromatic N) is 1. The second-order valence-electron chi connectivity index (χ2n) is 3.32. The van der Waals surface area contributed by atoms with Crippen LogP contribution in [-0.4, -0.2) is 48.3 Å². The van der Waals surface area contributed by atoms with E-state index >= 15 is 0 Å². The van der Waals surface area contributed by atoms with Crippen LogP contribution in [0, 0.1) is 0 Å². The molecule has 1 rings (SSSR count). The maximum absolute atomic E-state index is 10.8. The Morgan fingerprint density at radius 3 is 3.08 bits per heavy atom. The number of morpholine rings is 1. The third kappa shape index (κ3) is 2.97. The lowest BCUT2D eigenvalue weighted by molar-refractivity contribution is -0.149. The number of carboxylic acids is 1. The normalized spacial score (nSPS) is 24.5. The van der Waals surface area contributed by atoms with Gasteiger partial charge in [0.1, 0.15) is 6.04 Å². The van der Waals surface area contributed by atoms with Gasteiger partial charge in [-0.25, -0.2) is 0 Å². The molecule has 4 heteroatoms. The summed E-state index contributed by atoms with van der Waals surface area (Å²) in [6.07, 6.45) is 2.16. The molecular formula is C9H17NO3. The molecule has 0 unspecified atom stereocenters. The van der Waals surface area contributed by atoms with Crippen molar-refractivity contribution in [1.29, 1.82) is 0 Å².